The van der Waals surface area contributed by atoms with E-state index < -0.39 is 17.8 Å². The molecule has 0 unspecified atom stereocenters. The Labute approximate surface area is 186 Å². The van der Waals surface area contributed by atoms with E-state index in [1.807, 2.05) is 23.6 Å². The van der Waals surface area contributed by atoms with Crippen LogP contribution in [0.4, 0.5) is 4.39 Å². The molecule has 0 spiro atoms. The van der Waals surface area contributed by atoms with Crippen LogP contribution in [-0.2, 0) is 6.54 Å². The lowest BCUT2D eigenvalue weighted by Gasteiger charge is -2.15. The molecule has 30 heavy (non-hydrogen) atoms. The number of halogens is 2. The molecule has 0 saturated carbocycles. The SMILES string of the molecule is CCn1c(SCC(=O)c2ccc(Br)cc2)nnc1[C@@H](C)NC(=O)c1ccccc1F. The smallest absolute Gasteiger partial charge is 0.254 e. The zero-order valence-corrected chi connectivity index (χ0v) is 18.8. The van der Waals surface area contributed by atoms with Crippen LogP contribution in [0.25, 0.3) is 0 Å². The predicted molar refractivity (Wildman–Crippen MR) is 117 cm³/mol. The van der Waals surface area contributed by atoms with Crippen LogP contribution in [0.3, 0.4) is 0 Å². The fourth-order valence-corrected chi connectivity index (χ4v) is 4.03. The highest BCUT2D eigenvalue weighted by molar-refractivity contribution is 9.10. The van der Waals surface area contributed by atoms with Crippen molar-refractivity contribution in [3.63, 3.8) is 0 Å². The van der Waals surface area contributed by atoms with E-state index in [4.69, 9.17) is 0 Å². The van der Waals surface area contributed by atoms with Gasteiger partial charge in [0.1, 0.15) is 5.82 Å². The number of amides is 1. The van der Waals surface area contributed by atoms with Crippen LogP contribution in [0, 0.1) is 5.82 Å². The van der Waals surface area contributed by atoms with Crippen molar-refractivity contribution in [2.45, 2.75) is 31.6 Å². The first-order valence-electron chi connectivity index (χ1n) is 9.30. The van der Waals surface area contributed by atoms with E-state index in [0.29, 0.717) is 23.1 Å². The molecular formula is C21H20BrFN4O2S. The van der Waals surface area contributed by atoms with Crippen molar-refractivity contribution >= 4 is 39.4 Å². The van der Waals surface area contributed by atoms with Gasteiger partial charge >= 0.3 is 0 Å². The molecule has 0 fully saturated rings. The number of carbonyl (C=O) groups excluding carboxylic acids is 2. The number of nitrogens with zero attached hydrogens (tertiary/aromatic N) is 3. The Balaban J connectivity index is 1.68. The Morgan fingerprint density at radius 2 is 1.87 bits per heavy atom. The number of benzene rings is 2. The molecule has 1 heterocycles. The molecule has 156 valence electrons. The van der Waals surface area contributed by atoms with E-state index in [1.54, 1.807) is 25.1 Å². The Kier molecular flexibility index (Phi) is 7.38. The molecule has 0 saturated heterocycles. The van der Waals surface area contributed by atoms with Gasteiger partial charge in [-0.25, -0.2) is 4.39 Å². The summed E-state index contributed by atoms with van der Waals surface area (Å²) in [7, 11) is 0. The van der Waals surface area contributed by atoms with Gasteiger partial charge in [-0.05, 0) is 38.1 Å². The van der Waals surface area contributed by atoms with Crippen molar-refractivity contribution in [1.82, 2.24) is 20.1 Å². The fourth-order valence-electron chi connectivity index (χ4n) is 2.86. The number of hydrogen-bond donors (Lipinski definition) is 1. The van der Waals surface area contributed by atoms with Gasteiger partial charge in [-0.1, -0.05) is 52.0 Å². The van der Waals surface area contributed by atoms with Crippen molar-refractivity contribution in [3.05, 3.63) is 75.8 Å². The number of aromatic nitrogens is 3. The van der Waals surface area contributed by atoms with Gasteiger partial charge < -0.3 is 9.88 Å². The minimum Gasteiger partial charge on any atom is -0.342 e. The van der Waals surface area contributed by atoms with E-state index in [0.717, 1.165) is 4.47 Å². The van der Waals surface area contributed by atoms with E-state index in [9.17, 15) is 14.0 Å². The van der Waals surface area contributed by atoms with Crippen LogP contribution in [0.1, 0.15) is 46.4 Å². The lowest BCUT2D eigenvalue weighted by atomic mass is 10.2. The molecule has 0 bridgehead atoms. The number of hydrogen-bond acceptors (Lipinski definition) is 5. The topological polar surface area (TPSA) is 76.9 Å². The minimum atomic E-state index is -0.582. The first kappa shape index (κ1) is 22.2. The molecule has 1 N–H and O–H groups in total. The summed E-state index contributed by atoms with van der Waals surface area (Å²) >= 11 is 4.64. The fraction of sp³-hybridized carbons (Fsp3) is 0.238. The summed E-state index contributed by atoms with van der Waals surface area (Å²) < 4.78 is 16.6. The number of nitrogens with one attached hydrogen (secondary N) is 1. The van der Waals surface area contributed by atoms with Crippen molar-refractivity contribution < 1.29 is 14.0 Å². The summed E-state index contributed by atoms with van der Waals surface area (Å²) in [5, 5.41) is 11.7. The first-order chi connectivity index (χ1) is 14.4. The molecule has 6 nitrogen and oxygen atoms in total. The summed E-state index contributed by atoms with van der Waals surface area (Å²) in [6.45, 7) is 4.26. The zero-order chi connectivity index (χ0) is 21.7. The number of rotatable bonds is 8. The van der Waals surface area contributed by atoms with Crippen LogP contribution >= 0.6 is 27.7 Å². The van der Waals surface area contributed by atoms with Crippen LogP contribution in [0.2, 0.25) is 0 Å². The van der Waals surface area contributed by atoms with Crippen LogP contribution < -0.4 is 5.32 Å². The lowest BCUT2D eigenvalue weighted by molar-refractivity contribution is 0.0932. The maximum absolute atomic E-state index is 13.8. The maximum Gasteiger partial charge on any atom is 0.254 e. The van der Waals surface area contributed by atoms with E-state index in [2.05, 4.69) is 31.4 Å². The largest absolute Gasteiger partial charge is 0.342 e. The Morgan fingerprint density at radius 3 is 2.53 bits per heavy atom. The molecule has 1 amide bonds. The summed E-state index contributed by atoms with van der Waals surface area (Å²) in [5.41, 5.74) is 0.598. The summed E-state index contributed by atoms with van der Waals surface area (Å²) in [6, 6.07) is 12.5. The normalized spacial score (nSPS) is 11.9. The molecule has 1 atom stereocenters. The standard InChI is InChI=1S/C21H20BrFN4O2S/c1-3-27-19(13(2)24-20(29)16-6-4-5-7-17(16)23)25-26-21(27)30-12-18(28)14-8-10-15(22)11-9-14/h4-11,13H,3,12H2,1-2H3,(H,24,29)/t13-/m1/s1. The van der Waals surface area contributed by atoms with Gasteiger partial charge in [0, 0.05) is 16.6 Å². The monoisotopic (exact) mass is 490 g/mol. The molecule has 9 heteroatoms. The van der Waals surface area contributed by atoms with E-state index in [1.165, 1.54) is 30.0 Å². The molecule has 0 aliphatic carbocycles. The predicted octanol–water partition coefficient (Wildman–Crippen LogP) is 4.67. The third-order valence-corrected chi connectivity index (χ3v) is 5.91. The summed E-state index contributed by atoms with van der Waals surface area (Å²) in [6.07, 6.45) is 0. The van der Waals surface area contributed by atoms with Gasteiger partial charge in [0.2, 0.25) is 0 Å². The van der Waals surface area contributed by atoms with Gasteiger partial charge in [-0.15, -0.1) is 10.2 Å². The van der Waals surface area contributed by atoms with Crippen LogP contribution in [0.15, 0.2) is 58.2 Å². The highest BCUT2D eigenvalue weighted by Crippen LogP contribution is 2.22. The second-order valence-electron chi connectivity index (χ2n) is 6.48. The van der Waals surface area contributed by atoms with Crippen molar-refractivity contribution in [1.29, 1.82) is 0 Å². The number of Topliss-reactive ketones (excluding diaryl/α,β-unsaturated/α-hetero) is 1. The highest BCUT2D eigenvalue weighted by Gasteiger charge is 2.21. The third-order valence-electron chi connectivity index (χ3n) is 4.41. The molecule has 0 radical (unpaired) electrons. The first-order valence-corrected chi connectivity index (χ1v) is 11.1. The van der Waals surface area contributed by atoms with E-state index in [-0.39, 0.29) is 17.1 Å². The minimum absolute atomic E-state index is 0.0133. The van der Waals surface area contributed by atoms with E-state index >= 15 is 0 Å². The number of thioether (sulfide) groups is 1. The molecule has 0 aliphatic rings. The second-order valence-corrected chi connectivity index (χ2v) is 8.34. The Bertz CT molecular complexity index is 1060. The average molecular weight is 491 g/mol. The third kappa shape index (κ3) is 5.14. The number of ketones is 1. The summed E-state index contributed by atoms with van der Waals surface area (Å²) in [4.78, 5) is 24.8. The van der Waals surface area contributed by atoms with Crippen molar-refractivity contribution in [3.8, 4) is 0 Å². The van der Waals surface area contributed by atoms with Gasteiger partial charge in [-0.3, -0.25) is 9.59 Å². The van der Waals surface area contributed by atoms with Gasteiger partial charge in [-0.2, -0.15) is 0 Å². The molecule has 3 rings (SSSR count). The molecule has 3 aromatic rings. The Morgan fingerprint density at radius 1 is 1.17 bits per heavy atom. The zero-order valence-electron chi connectivity index (χ0n) is 16.4. The summed E-state index contributed by atoms with van der Waals surface area (Å²) in [5.74, 6) is -0.357. The van der Waals surface area contributed by atoms with Gasteiger partial charge in [0.15, 0.2) is 16.8 Å². The van der Waals surface area contributed by atoms with Crippen LogP contribution in [0.5, 0.6) is 0 Å². The molecular weight excluding hydrogens is 471 g/mol. The van der Waals surface area contributed by atoms with Crippen LogP contribution in [-0.4, -0.2) is 32.2 Å². The highest BCUT2D eigenvalue weighted by atomic mass is 79.9. The maximum atomic E-state index is 13.8. The second kappa shape index (κ2) is 9.99. The number of carbonyl (C=O) groups is 2. The van der Waals surface area contributed by atoms with Crippen molar-refractivity contribution in [2.75, 3.05) is 5.75 Å². The molecule has 1 aromatic heterocycles. The average Bonchev–Trinajstić information content (AvgIpc) is 3.15. The Hall–Kier alpha value is -2.52. The molecule has 2 aromatic carbocycles. The quantitative estimate of drug-likeness (QED) is 0.366. The van der Waals surface area contributed by atoms with Gasteiger partial charge in [0.25, 0.3) is 5.91 Å². The molecule has 0 aliphatic heterocycles. The lowest BCUT2D eigenvalue weighted by Crippen LogP contribution is -2.29. The van der Waals surface area contributed by atoms with Gasteiger partial charge in [0.05, 0.1) is 17.4 Å². The van der Waals surface area contributed by atoms with Crippen molar-refractivity contribution in [2.24, 2.45) is 0 Å².